The number of carbonyl (C=O) groups is 2. The fraction of sp³-hybridized carbons (Fsp3) is 0.154. The molecule has 0 unspecified atom stereocenters. The van der Waals surface area contributed by atoms with Crippen LogP contribution in [0.5, 0.6) is 5.75 Å². The topological polar surface area (TPSA) is 76.7 Å². The van der Waals surface area contributed by atoms with E-state index in [1.807, 2.05) is 6.92 Å². The van der Waals surface area contributed by atoms with Crippen molar-refractivity contribution in [2.75, 3.05) is 24.4 Å². The summed E-state index contributed by atoms with van der Waals surface area (Å²) < 4.78 is 25.7. The van der Waals surface area contributed by atoms with Crippen LogP contribution in [0.2, 0.25) is 0 Å². The van der Waals surface area contributed by atoms with Crippen LogP contribution in [0.3, 0.4) is 0 Å². The number of nitrogens with one attached hydrogen (secondary N) is 2. The van der Waals surface area contributed by atoms with Crippen molar-refractivity contribution >= 4 is 44.6 Å². The summed E-state index contributed by atoms with van der Waals surface area (Å²) in [6.07, 6.45) is 0. The van der Waals surface area contributed by atoms with Gasteiger partial charge in [0.05, 0.1) is 18.1 Å². The minimum Gasteiger partial charge on any atom is -0.494 e. The number of thiophene rings is 1. The van der Waals surface area contributed by atoms with Crippen LogP contribution in [0.15, 0.2) is 66.7 Å². The molecule has 2 N–H and O–H groups in total. The highest BCUT2D eigenvalue weighted by atomic mass is 32.1. The van der Waals surface area contributed by atoms with Gasteiger partial charge < -0.3 is 20.1 Å². The summed E-state index contributed by atoms with van der Waals surface area (Å²) >= 11 is 1.21. The van der Waals surface area contributed by atoms with Crippen molar-refractivity contribution in [1.29, 1.82) is 0 Å². The van der Waals surface area contributed by atoms with Gasteiger partial charge in [-0.3, -0.25) is 9.59 Å². The van der Waals surface area contributed by atoms with Gasteiger partial charge in [0.25, 0.3) is 11.8 Å². The summed E-state index contributed by atoms with van der Waals surface area (Å²) in [5.74, 6) is -0.290. The maximum absolute atomic E-state index is 14.4. The molecule has 0 bridgehead atoms. The van der Waals surface area contributed by atoms with Crippen LogP contribution in [0.1, 0.15) is 32.5 Å². The quantitative estimate of drug-likeness (QED) is 0.321. The minimum absolute atomic E-state index is 0.119. The average Bonchev–Trinajstić information content (AvgIpc) is 3.21. The molecule has 4 aromatic rings. The van der Waals surface area contributed by atoms with Crippen LogP contribution in [0, 0.1) is 5.82 Å². The Kier molecular flexibility index (Phi) is 7.20. The summed E-state index contributed by atoms with van der Waals surface area (Å²) in [5.41, 5.74) is 2.12. The largest absolute Gasteiger partial charge is 0.494 e. The molecule has 0 aliphatic carbocycles. The zero-order chi connectivity index (χ0) is 24.1. The third kappa shape index (κ3) is 5.08. The number of hydrogen-bond acceptors (Lipinski definition) is 5. The molecule has 2 amide bonds. The number of rotatable bonds is 8. The molecule has 0 spiro atoms. The number of anilines is 2. The van der Waals surface area contributed by atoms with Gasteiger partial charge in [0.2, 0.25) is 0 Å². The van der Waals surface area contributed by atoms with E-state index in [0.29, 0.717) is 44.1 Å². The highest BCUT2D eigenvalue weighted by Gasteiger charge is 2.21. The molecule has 6 nitrogen and oxygen atoms in total. The van der Waals surface area contributed by atoms with Crippen LogP contribution in [0.25, 0.3) is 10.1 Å². The van der Waals surface area contributed by atoms with Crippen molar-refractivity contribution in [1.82, 2.24) is 0 Å². The van der Waals surface area contributed by atoms with Crippen LogP contribution < -0.4 is 15.4 Å². The van der Waals surface area contributed by atoms with E-state index in [4.69, 9.17) is 9.47 Å². The lowest BCUT2D eigenvalue weighted by Gasteiger charge is -2.09. The van der Waals surface area contributed by atoms with E-state index in [2.05, 4.69) is 10.6 Å². The van der Waals surface area contributed by atoms with Gasteiger partial charge in [0, 0.05) is 39.7 Å². The summed E-state index contributed by atoms with van der Waals surface area (Å²) in [7, 11) is 1.50. The summed E-state index contributed by atoms with van der Waals surface area (Å²) in [6.45, 7) is 2.60. The summed E-state index contributed by atoms with van der Waals surface area (Å²) in [4.78, 5) is 25.9. The highest BCUT2D eigenvalue weighted by Crippen LogP contribution is 2.34. The maximum Gasteiger partial charge on any atom is 0.266 e. The van der Waals surface area contributed by atoms with Crippen LogP contribution in [-0.2, 0) is 11.3 Å². The van der Waals surface area contributed by atoms with E-state index in [1.54, 1.807) is 60.7 Å². The molecular formula is C26H23FN2O4S. The maximum atomic E-state index is 14.4. The van der Waals surface area contributed by atoms with Gasteiger partial charge >= 0.3 is 0 Å². The zero-order valence-corrected chi connectivity index (χ0v) is 19.5. The van der Waals surface area contributed by atoms with Crippen LogP contribution in [-0.4, -0.2) is 25.5 Å². The van der Waals surface area contributed by atoms with Crippen LogP contribution >= 0.6 is 11.3 Å². The lowest BCUT2D eigenvalue weighted by atomic mass is 10.1. The Labute approximate surface area is 200 Å². The predicted octanol–water partition coefficient (Wildman–Crippen LogP) is 6.09. The Bertz CT molecular complexity index is 1320. The van der Waals surface area contributed by atoms with E-state index in [1.165, 1.54) is 24.5 Å². The molecule has 0 atom stereocenters. The second kappa shape index (κ2) is 10.5. The van der Waals surface area contributed by atoms with Gasteiger partial charge in [-0.1, -0.05) is 6.07 Å². The van der Waals surface area contributed by atoms with Crippen molar-refractivity contribution in [2.24, 2.45) is 0 Å². The van der Waals surface area contributed by atoms with Crippen molar-refractivity contribution in [2.45, 2.75) is 13.5 Å². The lowest BCUT2D eigenvalue weighted by Crippen LogP contribution is -2.14. The molecule has 0 radical (unpaired) electrons. The number of amides is 2. The number of methoxy groups -OCH3 is 1. The zero-order valence-electron chi connectivity index (χ0n) is 18.7. The molecular weight excluding hydrogens is 455 g/mol. The average molecular weight is 479 g/mol. The summed E-state index contributed by atoms with van der Waals surface area (Å²) in [5, 5.41) is 6.05. The number of benzene rings is 3. The Morgan fingerprint density at radius 3 is 2.21 bits per heavy atom. The number of ether oxygens (including phenoxy) is 2. The Morgan fingerprint density at radius 2 is 1.56 bits per heavy atom. The molecule has 1 aromatic heterocycles. The second-order valence-electron chi connectivity index (χ2n) is 7.40. The Hall–Kier alpha value is -3.75. The molecule has 3 aromatic carbocycles. The predicted molar refractivity (Wildman–Crippen MR) is 132 cm³/mol. The van der Waals surface area contributed by atoms with Crippen molar-refractivity contribution in [3.8, 4) is 5.75 Å². The molecule has 0 aliphatic heterocycles. The molecule has 34 heavy (non-hydrogen) atoms. The monoisotopic (exact) mass is 478 g/mol. The van der Waals surface area contributed by atoms with Crippen molar-refractivity contribution in [3.63, 3.8) is 0 Å². The highest BCUT2D eigenvalue weighted by molar-refractivity contribution is 7.21. The van der Waals surface area contributed by atoms with Gasteiger partial charge in [-0.05, 0) is 67.6 Å². The van der Waals surface area contributed by atoms with Gasteiger partial charge in [-0.15, -0.1) is 11.3 Å². The lowest BCUT2D eigenvalue weighted by molar-refractivity contribution is 0.101. The Morgan fingerprint density at radius 1 is 0.912 bits per heavy atom. The van der Waals surface area contributed by atoms with Gasteiger partial charge in [0.15, 0.2) is 0 Å². The molecule has 0 saturated heterocycles. The first-order valence-corrected chi connectivity index (χ1v) is 11.5. The normalized spacial score (nSPS) is 10.8. The number of fused-ring (bicyclic) bond motifs is 1. The first-order chi connectivity index (χ1) is 16.5. The first kappa shape index (κ1) is 23.4. The fourth-order valence-corrected chi connectivity index (χ4v) is 4.65. The molecule has 0 aliphatic rings. The SMILES string of the molecule is CCOc1ccc(NC(=O)c2ccc(NC(=O)c3sc4cccc(F)c4c3COC)cc2)cc1. The Balaban J connectivity index is 1.46. The van der Waals surface area contributed by atoms with Gasteiger partial charge in [-0.2, -0.15) is 0 Å². The second-order valence-corrected chi connectivity index (χ2v) is 8.45. The molecule has 1 heterocycles. The van der Waals surface area contributed by atoms with E-state index in [0.717, 1.165) is 5.75 Å². The fourth-order valence-electron chi connectivity index (χ4n) is 3.53. The van der Waals surface area contributed by atoms with Gasteiger partial charge in [-0.25, -0.2) is 4.39 Å². The van der Waals surface area contributed by atoms with E-state index >= 15 is 0 Å². The summed E-state index contributed by atoms with van der Waals surface area (Å²) in [6, 6.07) is 18.4. The standard InChI is InChI=1S/C26H23FN2O4S/c1-3-33-19-13-11-18(12-14-19)28-25(30)16-7-9-17(10-8-16)29-26(31)24-20(15-32-2)23-21(27)5-4-6-22(23)34-24/h4-14H,3,15H2,1-2H3,(H,28,30)(H,29,31). The van der Waals surface area contributed by atoms with Crippen LogP contribution in [0.4, 0.5) is 15.8 Å². The number of halogens is 1. The third-order valence-corrected chi connectivity index (χ3v) is 6.28. The minimum atomic E-state index is -0.386. The van der Waals surface area contributed by atoms with Crippen molar-refractivity contribution in [3.05, 3.63) is 88.6 Å². The number of hydrogen-bond donors (Lipinski definition) is 2. The molecule has 8 heteroatoms. The van der Waals surface area contributed by atoms with Gasteiger partial charge in [0.1, 0.15) is 11.6 Å². The molecule has 0 saturated carbocycles. The van der Waals surface area contributed by atoms with E-state index in [9.17, 15) is 14.0 Å². The molecule has 174 valence electrons. The van der Waals surface area contributed by atoms with E-state index in [-0.39, 0.29) is 24.2 Å². The third-order valence-electron chi connectivity index (χ3n) is 5.09. The van der Waals surface area contributed by atoms with Crippen molar-refractivity contribution < 1.29 is 23.5 Å². The van der Waals surface area contributed by atoms with E-state index < -0.39 is 0 Å². The number of carbonyl (C=O) groups excluding carboxylic acids is 2. The first-order valence-electron chi connectivity index (χ1n) is 10.6. The molecule has 4 rings (SSSR count). The smallest absolute Gasteiger partial charge is 0.266 e. The molecule has 0 fully saturated rings.